The number of hydrogen-bond acceptors (Lipinski definition) is 2. The second kappa shape index (κ2) is 13.0. The summed E-state index contributed by atoms with van der Waals surface area (Å²) in [6.45, 7) is 6.69. The molecule has 0 spiro atoms. The van der Waals surface area contributed by atoms with E-state index in [4.69, 9.17) is 9.47 Å². The average molecular weight is 509 g/mol. The van der Waals surface area contributed by atoms with Crippen molar-refractivity contribution in [3.63, 3.8) is 0 Å². The summed E-state index contributed by atoms with van der Waals surface area (Å²) < 4.78 is 55.5. The van der Waals surface area contributed by atoms with Gasteiger partial charge in [0.25, 0.3) is 0 Å². The second-order valence-corrected chi connectivity index (χ2v) is 9.65. The smallest absolute Gasteiger partial charge is 0.166 e. The van der Waals surface area contributed by atoms with Gasteiger partial charge < -0.3 is 9.47 Å². The fourth-order valence-corrected chi connectivity index (χ4v) is 5.09. The predicted molar refractivity (Wildman–Crippen MR) is 143 cm³/mol. The van der Waals surface area contributed by atoms with Crippen LogP contribution in [0.2, 0.25) is 0 Å². The highest BCUT2D eigenvalue weighted by molar-refractivity contribution is 5.65. The Morgan fingerprint density at radius 2 is 1.57 bits per heavy atom. The molecule has 1 aliphatic rings. The fourth-order valence-electron chi connectivity index (χ4n) is 5.09. The summed E-state index contributed by atoms with van der Waals surface area (Å²) in [5.74, 6) is -1.63. The van der Waals surface area contributed by atoms with Crippen LogP contribution < -0.4 is 4.74 Å². The monoisotopic (exact) mass is 508 g/mol. The molecular weight excluding hydrogens is 473 g/mol. The predicted octanol–water partition coefficient (Wildman–Crippen LogP) is 8.57. The van der Waals surface area contributed by atoms with Gasteiger partial charge in [-0.25, -0.2) is 13.2 Å². The van der Waals surface area contributed by atoms with Crippen molar-refractivity contribution in [2.75, 3.05) is 13.2 Å². The van der Waals surface area contributed by atoms with Crippen molar-refractivity contribution in [2.24, 2.45) is 0 Å². The highest BCUT2D eigenvalue weighted by Gasteiger charge is 2.26. The molecule has 0 aromatic heterocycles. The van der Waals surface area contributed by atoms with Crippen LogP contribution in [0.4, 0.5) is 13.2 Å². The Hall–Kier alpha value is -3.05. The van der Waals surface area contributed by atoms with Gasteiger partial charge in [0.05, 0.1) is 12.7 Å². The molecule has 1 aliphatic carbocycles. The molecule has 0 amide bonds. The Morgan fingerprint density at radius 3 is 2.24 bits per heavy atom. The zero-order valence-corrected chi connectivity index (χ0v) is 21.4. The van der Waals surface area contributed by atoms with Gasteiger partial charge in [0.2, 0.25) is 0 Å². The lowest BCUT2D eigenvalue weighted by atomic mass is 9.82. The average Bonchev–Trinajstić information content (AvgIpc) is 2.91. The molecule has 0 bridgehead atoms. The minimum absolute atomic E-state index is 0.0280. The van der Waals surface area contributed by atoms with Crippen LogP contribution in [0.3, 0.4) is 0 Å². The van der Waals surface area contributed by atoms with Crippen molar-refractivity contribution >= 4 is 0 Å². The molecular formula is C32H35F3O2. The zero-order chi connectivity index (χ0) is 26.2. The molecule has 0 atom stereocenters. The van der Waals surface area contributed by atoms with Crippen LogP contribution in [0.25, 0.3) is 11.1 Å². The number of benzene rings is 3. The highest BCUT2D eigenvalue weighted by Crippen LogP contribution is 2.38. The zero-order valence-electron chi connectivity index (χ0n) is 21.4. The summed E-state index contributed by atoms with van der Waals surface area (Å²) in [5, 5.41) is 0. The Bertz CT molecular complexity index is 1180. The molecule has 1 fully saturated rings. The first-order valence-electron chi connectivity index (χ1n) is 13.2. The minimum atomic E-state index is -0.789. The van der Waals surface area contributed by atoms with E-state index in [1.807, 2.05) is 37.3 Å². The van der Waals surface area contributed by atoms with Gasteiger partial charge >= 0.3 is 0 Å². The third-order valence-corrected chi connectivity index (χ3v) is 7.17. The molecule has 0 radical (unpaired) electrons. The summed E-state index contributed by atoms with van der Waals surface area (Å²) in [6.07, 6.45) is 7.36. The van der Waals surface area contributed by atoms with Crippen molar-refractivity contribution in [2.45, 2.75) is 63.9 Å². The van der Waals surface area contributed by atoms with Crippen molar-refractivity contribution in [1.29, 1.82) is 0 Å². The maximum atomic E-state index is 15.1. The van der Waals surface area contributed by atoms with E-state index in [1.54, 1.807) is 24.3 Å². The molecule has 37 heavy (non-hydrogen) atoms. The van der Waals surface area contributed by atoms with Gasteiger partial charge in [-0.3, -0.25) is 0 Å². The maximum absolute atomic E-state index is 15.1. The Balaban J connectivity index is 1.37. The van der Waals surface area contributed by atoms with Crippen molar-refractivity contribution < 1.29 is 22.6 Å². The Labute approximate surface area is 218 Å². The Morgan fingerprint density at radius 1 is 0.865 bits per heavy atom. The third kappa shape index (κ3) is 6.84. The number of ether oxygens (including phenoxy) is 2. The number of aryl methyl sites for hydroxylation is 2. The summed E-state index contributed by atoms with van der Waals surface area (Å²) >= 11 is 0. The lowest BCUT2D eigenvalue weighted by Crippen LogP contribution is -2.21. The summed E-state index contributed by atoms with van der Waals surface area (Å²) in [6, 6.07) is 15.9. The topological polar surface area (TPSA) is 18.5 Å². The van der Waals surface area contributed by atoms with Crippen molar-refractivity contribution in [1.82, 2.24) is 0 Å². The molecule has 0 saturated heterocycles. The largest absolute Gasteiger partial charge is 0.490 e. The van der Waals surface area contributed by atoms with Crippen LogP contribution in [0, 0.1) is 17.5 Å². The third-order valence-electron chi connectivity index (χ3n) is 7.17. The van der Waals surface area contributed by atoms with Gasteiger partial charge in [-0.2, -0.15) is 0 Å². The van der Waals surface area contributed by atoms with E-state index in [0.717, 1.165) is 36.8 Å². The van der Waals surface area contributed by atoms with E-state index in [-0.39, 0.29) is 29.2 Å². The second-order valence-electron chi connectivity index (χ2n) is 9.65. The van der Waals surface area contributed by atoms with Crippen LogP contribution in [-0.2, 0) is 17.6 Å². The summed E-state index contributed by atoms with van der Waals surface area (Å²) in [4.78, 5) is 0. The van der Waals surface area contributed by atoms with Gasteiger partial charge in [0.1, 0.15) is 0 Å². The van der Waals surface area contributed by atoms with Crippen LogP contribution in [0.5, 0.6) is 5.75 Å². The number of halogens is 3. The molecule has 0 heterocycles. The van der Waals surface area contributed by atoms with Gasteiger partial charge in [-0.1, -0.05) is 48.5 Å². The normalized spacial score (nSPS) is 17.5. The number of hydrogen-bond donors (Lipinski definition) is 0. The summed E-state index contributed by atoms with van der Waals surface area (Å²) in [7, 11) is 0. The van der Waals surface area contributed by atoms with Crippen LogP contribution >= 0.6 is 0 Å². The molecule has 196 valence electrons. The van der Waals surface area contributed by atoms with Crippen molar-refractivity contribution in [3.05, 3.63) is 101 Å². The van der Waals surface area contributed by atoms with Crippen LogP contribution in [-0.4, -0.2) is 19.3 Å². The molecule has 4 rings (SSSR count). The fraction of sp³-hybridized carbons (Fsp3) is 0.375. The first kappa shape index (κ1) is 27.0. The molecule has 2 nitrogen and oxygen atoms in total. The molecule has 0 N–H and O–H groups in total. The van der Waals surface area contributed by atoms with Crippen molar-refractivity contribution in [3.8, 4) is 16.9 Å². The quantitative estimate of drug-likeness (QED) is 0.191. The first-order valence-corrected chi connectivity index (χ1v) is 13.2. The number of rotatable bonds is 11. The van der Waals surface area contributed by atoms with E-state index in [0.29, 0.717) is 43.6 Å². The van der Waals surface area contributed by atoms with Crippen LogP contribution in [0.1, 0.15) is 61.6 Å². The highest BCUT2D eigenvalue weighted by atomic mass is 19.2. The van der Waals surface area contributed by atoms with E-state index in [9.17, 15) is 4.39 Å². The SMILES string of the molecule is C=CCCOc1ccc(CCc2ccc(-c3ccc(C4CCC(OCC)CC4)c(F)c3F)cc2)cc1F. The Kier molecular flexibility index (Phi) is 9.45. The maximum Gasteiger partial charge on any atom is 0.166 e. The standard InChI is InChI=1S/C32H35F3O2/c1-3-5-20-37-30-19-10-23(21-29(30)33)7-6-22-8-11-24(12-9-22)27-17-18-28(32(35)31(27)34)25-13-15-26(16-14-25)36-4-2/h3,8-12,17-19,21,25-26H,1,4-7,13-16,20H2,2H3. The molecule has 3 aromatic carbocycles. The molecule has 0 unspecified atom stereocenters. The molecule has 3 aromatic rings. The van der Waals surface area contributed by atoms with Crippen LogP contribution in [0.15, 0.2) is 67.3 Å². The minimum Gasteiger partial charge on any atom is -0.490 e. The van der Waals surface area contributed by atoms with Gasteiger partial charge in [-0.05, 0) is 92.2 Å². The molecule has 1 saturated carbocycles. The lowest BCUT2D eigenvalue weighted by molar-refractivity contribution is 0.0325. The van der Waals surface area contributed by atoms with E-state index < -0.39 is 11.6 Å². The molecule has 5 heteroatoms. The summed E-state index contributed by atoms with van der Waals surface area (Å²) in [5.41, 5.74) is 3.29. The van der Waals surface area contributed by atoms with E-state index >= 15 is 8.78 Å². The van der Waals surface area contributed by atoms with Gasteiger partial charge in [-0.15, -0.1) is 6.58 Å². The van der Waals surface area contributed by atoms with Gasteiger partial charge in [0, 0.05) is 12.2 Å². The lowest BCUT2D eigenvalue weighted by Gasteiger charge is -2.29. The first-order chi connectivity index (χ1) is 18.0. The van der Waals surface area contributed by atoms with E-state index in [1.165, 1.54) is 6.07 Å². The molecule has 0 aliphatic heterocycles. The van der Waals surface area contributed by atoms with E-state index in [2.05, 4.69) is 6.58 Å². The van der Waals surface area contributed by atoms with Gasteiger partial charge in [0.15, 0.2) is 23.2 Å².